The van der Waals surface area contributed by atoms with Crippen molar-refractivity contribution < 1.29 is 13.5 Å². The molecule has 4 nitrogen and oxygen atoms in total. The van der Waals surface area contributed by atoms with E-state index in [0.29, 0.717) is 21.3 Å². The first-order valence-electron chi connectivity index (χ1n) is 5.84. The zero-order valence-electron chi connectivity index (χ0n) is 10.7. The molecule has 0 aliphatic rings. The fourth-order valence-corrected chi connectivity index (χ4v) is 4.44. The predicted octanol–water partition coefficient (Wildman–Crippen LogP) is 2.90. The Hall–Kier alpha value is 0.0500. The van der Waals surface area contributed by atoms with Crippen molar-refractivity contribution in [2.45, 2.75) is 31.2 Å². The molecule has 0 aromatic heterocycles. The van der Waals surface area contributed by atoms with E-state index in [2.05, 4.69) is 36.6 Å². The molecule has 1 unspecified atom stereocenters. The molecule has 0 saturated heterocycles. The SMILES string of the molecule is CC(C)CC(CO)NS(=O)(=O)c1cc(Br)ccc1Br. The van der Waals surface area contributed by atoms with Gasteiger partial charge in [0.2, 0.25) is 10.0 Å². The van der Waals surface area contributed by atoms with Gasteiger partial charge in [-0.15, -0.1) is 0 Å². The van der Waals surface area contributed by atoms with E-state index in [4.69, 9.17) is 0 Å². The van der Waals surface area contributed by atoms with Crippen LogP contribution in [0.25, 0.3) is 0 Å². The van der Waals surface area contributed by atoms with E-state index in [9.17, 15) is 13.5 Å². The molecular weight excluding hydrogens is 398 g/mol. The molecule has 0 heterocycles. The van der Waals surface area contributed by atoms with Gasteiger partial charge in [-0.1, -0.05) is 29.8 Å². The van der Waals surface area contributed by atoms with Crippen LogP contribution in [0.2, 0.25) is 0 Å². The Bertz CT molecular complexity index is 532. The maximum atomic E-state index is 12.3. The Balaban J connectivity index is 3.00. The number of aliphatic hydroxyl groups excluding tert-OH is 1. The quantitative estimate of drug-likeness (QED) is 0.751. The van der Waals surface area contributed by atoms with Crippen LogP contribution < -0.4 is 4.72 Å². The molecule has 2 N–H and O–H groups in total. The lowest BCUT2D eigenvalue weighted by Crippen LogP contribution is -2.38. The average Bonchev–Trinajstić information content (AvgIpc) is 2.30. The first kappa shape index (κ1) is 17.1. The molecule has 108 valence electrons. The summed E-state index contributed by atoms with van der Waals surface area (Å²) in [6.45, 7) is 3.74. The van der Waals surface area contributed by atoms with Crippen LogP contribution in [-0.4, -0.2) is 26.2 Å². The highest BCUT2D eigenvalue weighted by atomic mass is 79.9. The molecule has 1 rings (SSSR count). The van der Waals surface area contributed by atoms with E-state index in [0.717, 1.165) is 0 Å². The fourth-order valence-electron chi connectivity index (χ4n) is 1.69. The van der Waals surface area contributed by atoms with E-state index in [1.165, 1.54) is 6.07 Å². The Kier molecular flexibility index (Phi) is 6.46. The molecule has 1 aromatic carbocycles. The van der Waals surface area contributed by atoms with E-state index < -0.39 is 16.1 Å². The van der Waals surface area contributed by atoms with E-state index in [-0.39, 0.29) is 11.5 Å². The maximum absolute atomic E-state index is 12.3. The third kappa shape index (κ3) is 5.15. The third-order valence-corrected chi connectivity index (χ3v) is 5.49. The molecule has 0 fully saturated rings. The van der Waals surface area contributed by atoms with Crippen LogP contribution in [0, 0.1) is 5.92 Å². The monoisotopic (exact) mass is 413 g/mol. The van der Waals surface area contributed by atoms with Gasteiger partial charge in [0.15, 0.2) is 0 Å². The summed E-state index contributed by atoms with van der Waals surface area (Å²) >= 11 is 6.48. The molecule has 1 atom stereocenters. The Morgan fingerprint density at radius 3 is 2.47 bits per heavy atom. The standard InChI is InChI=1S/C12H17Br2NO3S/c1-8(2)5-10(7-16)15-19(17,18)12-6-9(13)3-4-11(12)14/h3-4,6,8,10,15-16H,5,7H2,1-2H3. The highest BCUT2D eigenvalue weighted by Crippen LogP contribution is 2.26. The number of halogens is 2. The number of rotatable bonds is 6. The second-order valence-corrected chi connectivity index (χ2v) is 8.16. The number of nitrogens with one attached hydrogen (secondary N) is 1. The van der Waals surface area contributed by atoms with Crippen LogP contribution in [-0.2, 0) is 10.0 Å². The van der Waals surface area contributed by atoms with Crippen LogP contribution in [0.15, 0.2) is 32.0 Å². The van der Waals surface area contributed by atoms with Crippen molar-refractivity contribution in [2.24, 2.45) is 5.92 Å². The first-order valence-corrected chi connectivity index (χ1v) is 8.91. The van der Waals surface area contributed by atoms with E-state index in [1.54, 1.807) is 12.1 Å². The van der Waals surface area contributed by atoms with Crippen molar-refractivity contribution in [2.75, 3.05) is 6.61 Å². The van der Waals surface area contributed by atoms with Gasteiger partial charge in [-0.2, -0.15) is 0 Å². The predicted molar refractivity (Wildman–Crippen MR) is 82.5 cm³/mol. The summed E-state index contributed by atoms with van der Waals surface area (Å²) in [7, 11) is -3.66. The molecule has 1 aromatic rings. The summed E-state index contributed by atoms with van der Waals surface area (Å²) in [4.78, 5) is 0.157. The van der Waals surface area contributed by atoms with Crippen LogP contribution >= 0.6 is 31.9 Å². The molecule has 0 spiro atoms. The Morgan fingerprint density at radius 2 is 1.95 bits per heavy atom. The Morgan fingerprint density at radius 1 is 1.32 bits per heavy atom. The van der Waals surface area contributed by atoms with Gasteiger partial charge in [-0.3, -0.25) is 0 Å². The van der Waals surface area contributed by atoms with Crippen molar-refractivity contribution in [3.8, 4) is 0 Å². The summed E-state index contributed by atoms with van der Waals surface area (Å²) in [6.07, 6.45) is 0.585. The lowest BCUT2D eigenvalue weighted by molar-refractivity contribution is 0.240. The third-order valence-electron chi connectivity index (χ3n) is 2.48. The number of sulfonamides is 1. The number of aliphatic hydroxyl groups is 1. The first-order chi connectivity index (χ1) is 8.76. The normalized spacial score (nSPS) is 13.8. The van der Waals surface area contributed by atoms with Crippen molar-refractivity contribution in [1.29, 1.82) is 0 Å². The fraction of sp³-hybridized carbons (Fsp3) is 0.500. The molecule has 0 aliphatic heterocycles. The van der Waals surface area contributed by atoms with Crippen molar-refractivity contribution in [1.82, 2.24) is 4.72 Å². The van der Waals surface area contributed by atoms with Gasteiger partial charge in [0.05, 0.1) is 11.5 Å². The van der Waals surface area contributed by atoms with E-state index >= 15 is 0 Å². The highest BCUT2D eigenvalue weighted by Gasteiger charge is 2.22. The van der Waals surface area contributed by atoms with Crippen molar-refractivity contribution in [3.05, 3.63) is 27.1 Å². The molecule has 0 aliphatic carbocycles. The molecule has 0 radical (unpaired) electrons. The molecule has 0 amide bonds. The van der Waals surface area contributed by atoms with Crippen LogP contribution in [0.3, 0.4) is 0 Å². The number of hydrogen-bond acceptors (Lipinski definition) is 3. The van der Waals surface area contributed by atoms with Gasteiger partial charge < -0.3 is 5.11 Å². The second-order valence-electron chi connectivity index (χ2n) is 4.71. The van der Waals surface area contributed by atoms with Gasteiger partial charge in [0.1, 0.15) is 0 Å². The van der Waals surface area contributed by atoms with Crippen LogP contribution in [0.4, 0.5) is 0 Å². The largest absolute Gasteiger partial charge is 0.395 e. The minimum Gasteiger partial charge on any atom is -0.395 e. The minimum absolute atomic E-state index is 0.157. The van der Waals surface area contributed by atoms with Gasteiger partial charge in [0, 0.05) is 15.0 Å². The van der Waals surface area contributed by atoms with Crippen molar-refractivity contribution >= 4 is 41.9 Å². The molecule has 7 heteroatoms. The smallest absolute Gasteiger partial charge is 0.242 e. The number of benzene rings is 1. The van der Waals surface area contributed by atoms with Crippen LogP contribution in [0.1, 0.15) is 20.3 Å². The lowest BCUT2D eigenvalue weighted by atomic mass is 10.1. The van der Waals surface area contributed by atoms with Gasteiger partial charge in [-0.25, -0.2) is 13.1 Å². The summed E-state index contributed by atoms with van der Waals surface area (Å²) < 4.78 is 28.3. The molecular formula is C12H17Br2NO3S. The maximum Gasteiger partial charge on any atom is 0.242 e. The van der Waals surface area contributed by atoms with Gasteiger partial charge in [0.25, 0.3) is 0 Å². The van der Waals surface area contributed by atoms with E-state index in [1.807, 2.05) is 13.8 Å². The highest BCUT2D eigenvalue weighted by molar-refractivity contribution is 9.11. The minimum atomic E-state index is -3.66. The molecule has 0 saturated carbocycles. The molecule has 0 bridgehead atoms. The topological polar surface area (TPSA) is 66.4 Å². The van der Waals surface area contributed by atoms with Crippen LogP contribution in [0.5, 0.6) is 0 Å². The zero-order chi connectivity index (χ0) is 14.6. The number of hydrogen-bond donors (Lipinski definition) is 2. The van der Waals surface area contributed by atoms with Gasteiger partial charge in [-0.05, 0) is 46.5 Å². The Labute approximate surface area is 130 Å². The lowest BCUT2D eigenvalue weighted by Gasteiger charge is -2.18. The van der Waals surface area contributed by atoms with Crippen molar-refractivity contribution in [3.63, 3.8) is 0 Å². The summed E-state index contributed by atoms with van der Waals surface area (Å²) in [5.74, 6) is 0.297. The summed E-state index contributed by atoms with van der Waals surface area (Å²) in [5, 5.41) is 9.26. The zero-order valence-corrected chi connectivity index (χ0v) is 14.7. The summed E-state index contributed by atoms with van der Waals surface area (Å²) in [6, 6.07) is 4.46. The summed E-state index contributed by atoms with van der Waals surface area (Å²) in [5.41, 5.74) is 0. The van der Waals surface area contributed by atoms with Gasteiger partial charge >= 0.3 is 0 Å². The average molecular weight is 415 g/mol. The molecule has 19 heavy (non-hydrogen) atoms. The second kappa shape index (κ2) is 7.17.